The van der Waals surface area contributed by atoms with E-state index in [9.17, 15) is 66.1 Å². The Labute approximate surface area is 230 Å². The van der Waals surface area contributed by atoms with Gasteiger partial charge in [-0.15, -0.1) is 0 Å². The summed E-state index contributed by atoms with van der Waals surface area (Å²) in [4.78, 5) is 11.9. The highest BCUT2D eigenvalue weighted by molar-refractivity contribution is 9.09. The van der Waals surface area contributed by atoms with Crippen molar-refractivity contribution in [1.29, 1.82) is 0 Å². The van der Waals surface area contributed by atoms with Crippen LogP contribution in [0.5, 0.6) is 0 Å². The molecule has 230 valence electrons. The third kappa shape index (κ3) is 8.75. The first-order valence-corrected chi connectivity index (χ1v) is 13.1. The molecule has 0 aromatic heterocycles. The van der Waals surface area contributed by atoms with Gasteiger partial charge in [0.1, 0.15) is 73.2 Å². The maximum atomic E-state index is 11.9. The molecule has 0 aromatic rings. The fourth-order valence-electron chi connectivity index (χ4n) is 3.89. The maximum Gasteiger partial charge on any atom is 0.186 e. The van der Waals surface area contributed by atoms with Crippen LogP contribution in [-0.4, -0.2) is 184 Å². The molecule has 1 unspecified atom stereocenters. The van der Waals surface area contributed by atoms with Gasteiger partial charge in [-0.05, 0) is 0 Å². The molecule has 0 spiro atoms. The van der Waals surface area contributed by atoms with Gasteiger partial charge in [-0.25, -0.2) is 0 Å². The number of hydrogen-bond donors (Lipinski definition) is 12. The Kier molecular flexibility index (Phi) is 13.9. The second-order valence-corrected chi connectivity index (χ2v) is 10.00. The highest BCUT2D eigenvalue weighted by Gasteiger charge is 2.48. The molecule has 39 heavy (non-hydrogen) atoms. The zero-order valence-electron chi connectivity index (χ0n) is 20.5. The number of alkyl halides is 1. The SMILES string of the molecule is O=C(CC(O)CBr)[C@H](O)[C@@H](O)[C@H](O)[C@H](O)CO[C@H]1O[C@H](CO[C@H]2O[C@H](CO)[C@@H](O)[C@H](O)[C@H]2O)[C@@H](O)[C@H](O)[C@H]1O. The molecule has 0 radical (unpaired) electrons. The number of carbonyl (C=O) groups excluding carboxylic acids is 1. The van der Waals surface area contributed by atoms with Crippen molar-refractivity contribution in [3.05, 3.63) is 0 Å². The summed E-state index contributed by atoms with van der Waals surface area (Å²) >= 11 is 2.93. The van der Waals surface area contributed by atoms with E-state index in [1.165, 1.54) is 0 Å². The molecule has 15 atom stereocenters. The Morgan fingerprint density at radius 1 is 0.744 bits per heavy atom. The Hall–Kier alpha value is -0.490. The monoisotopic (exact) mass is 640 g/mol. The molecule has 0 amide bonds. The van der Waals surface area contributed by atoms with E-state index in [0.29, 0.717) is 0 Å². The number of ketones is 1. The summed E-state index contributed by atoms with van der Waals surface area (Å²) in [5.41, 5.74) is 0. The molecule has 2 rings (SSSR count). The molecular weight excluding hydrogens is 604 g/mol. The quantitative estimate of drug-likeness (QED) is 0.0784. The molecule has 2 heterocycles. The van der Waals surface area contributed by atoms with Crippen LogP contribution in [0.2, 0.25) is 0 Å². The van der Waals surface area contributed by atoms with Crippen LogP contribution in [0.3, 0.4) is 0 Å². The van der Waals surface area contributed by atoms with Crippen LogP contribution in [0.1, 0.15) is 6.42 Å². The highest BCUT2D eigenvalue weighted by Crippen LogP contribution is 2.26. The largest absolute Gasteiger partial charge is 0.394 e. The first-order valence-electron chi connectivity index (χ1n) is 12.0. The van der Waals surface area contributed by atoms with Crippen LogP contribution in [0.15, 0.2) is 0 Å². The number of ether oxygens (including phenoxy) is 4. The second kappa shape index (κ2) is 15.7. The smallest absolute Gasteiger partial charge is 0.186 e. The Morgan fingerprint density at radius 3 is 1.79 bits per heavy atom. The highest BCUT2D eigenvalue weighted by atomic mass is 79.9. The number of hydrogen-bond acceptors (Lipinski definition) is 17. The van der Waals surface area contributed by atoms with Gasteiger partial charge in [-0.1, -0.05) is 15.9 Å². The van der Waals surface area contributed by atoms with E-state index in [1.807, 2.05) is 0 Å². The molecule has 2 saturated heterocycles. The van der Waals surface area contributed by atoms with Crippen LogP contribution < -0.4 is 0 Å². The number of aliphatic hydroxyl groups excluding tert-OH is 12. The number of aliphatic hydroxyl groups is 12. The van der Waals surface area contributed by atoms with E-state index in [1.54, 1.807) is 0 Å². The van der Waals surface area contributed by atoms with Gasteiger partial charge in [-0.2, -0.15) is 0 Å². The lowest BCUT2D eigenvalue weighted by molar-refractivity contribution is -0.333. The molecule has 0 saturated carbocycles. The molecule has 0 aromatic carbocycles. The van der Waals surface area contributed by atoms with Crippen LogP contribution in [0.25, 0.3) is 0 Å². The standard InChI is InChI=1S/C21H37BrO17/c22-2-6(24)1-7(25)11(27)15(31)12(28)8(26)4-36-20-19(35)17(33)14(30)10(39-20)5-37-21-18(34)16(32)13(29)9(3-23)38-21/h6,8-21,23-24,26-35H,1-5H2/t6?,8-,9-,10-,11+,12-,13-,14-,15-,16+,17+,18-,19-,20+,21+/m1/s1. The molecular formula is C21H37BrO17. The van der Waals surface area contributed by atoms with Crippen LogP contribution in [0, 0.1) is 0 Å². The average molecular weight is 641 g/mol. The summed E-state index contributed by atoms with van der Waals surface area (Å²) in [5.74, 6) is -1.01. The topological polar surface area (TPSA) is 297 Å². The van der Waals surface area contributed by atoms with E-state index in [-0.39, 0.29) is 5.33 Å². The number of Topliss-reactive ketones (excluding diaryl/α,β-unsaturated/α-hetero) is 1. The minimum atomic E-state index is -2.18. The fraction of sp³-hybridized carbons (Fsp3) is 0.952. The third-order valence-electron chi connectivity index (χ3n) is 6.39. The van der Waals surface area contributed by atoms with Gasteiger partial charge in [0, 0.05) is 11.8 Å². The Bertz CT molecular complexity index is 747. The van der Waals surface area contributed by atoms with Crippen molar-refractivity contribution in [2.24, 2.45) is 0 Å². The third-order valence-corrected chi connectivity index (χ3v) is 7.13. The molecule has 12 N–H and O–H groups in total. The van der Waals surface area contributed by atoms with Gasteiger partial charge < -0.3 is 80.2 Å². The lowest BCUT2D eigenvalue weighted by Gasteiger charge is -2.42. The number of halogens is 1. The van der Waals surface area contributed by atoms with E-state index >= 15 is 0 Å². The van der Waals surface area contributed by atoms with Crippen LogP contribution in [0.4, 0.5) is 0 Å². The normalized spacial score (nSPS) is 39.5. The van der Waals surface area contributed by atoms with Gasteiger partial charge in [0.05, 0.1) is 25.9 Å². The average Bonchev–Trinajstić information content (AvgIpc) is 2.92. The van der Waals surface area contributed by atoms with Crippen molar-refractivity contribution >= 4 is 21.7 Å². The molecule has 17 nitrogen and oxygen atoms in total. The van der Waals surface area contributed by atoms with Gasteiger partial charge in [0.2, 0.25) is 0 Å². The molecule has 18 heteroatoms. The lowest BCUT2D eigenvalue weighted by atomic mass is 9.97. The number of carbonyl (C=O) groups is 1. The summed E-state index contributed by atoms with van der Waals surface area (Å²) in [6.45, 7) is -2.22. The lowest BCUT2D eigenvalue weighted by Crippen LogP contribution is -2.62. The van der Waals surface area contributed by atoms with Crippen LogP contribution in [-0.2, 0) is 23.7 Å². The van der Waals surface area contributed by atoms with Gasteiger partial charge >= 0.3 is 0 Å². The fourth-order valence-corrected chi connectivity index (χ4v) is 4.12. The molecule has 2 aliphatic rings. The summed E-state index contributed by atoms with van der Waals surface area (Å²) < 4.78 is 20.9. The molecule has 2 fully saturated rings. The van der Waals surface area contributed by atoms with Crippen molar-refractivity contribution in [2.75, 3.05) is 25.2 Å². The first kappa shape index (κ1) is 34.7. The summed E-state index contributed by atoms with van der Waals surface area (Å²) in [6.07, 6.45) is -26.9. The van der Waals surface area contributed by atoms with E-state index in [0.717, 1.165) is 0 Å². The molecule has 2 aliphatic heterocycles. The van der Waals surface area contributed by atoms with Crippen molar-refractivity contribution in [1.82, 2.24) is 0 Å². The summed E-state index contributed by atoms with van der Waals surface area (Å²) in [6, 6.07) is 0. The predicted molar refractivity (Wildman–Crippen MR) is 126 cm³/mol. The second-order valence-electron chi connectivity index (χ2n) is 9.35. The van der Waals surface area contributed by atoms with Crippen LogP contribution >= 0.6 is 15.9 Å². The van der Waals surface area contributed by atoms with Gasteiger partial charge in [-0.3, -0.25) is 4.79 Å². The zero-order valence-corrected chi connectivity index (χ0v) is 22.1. The molecule has 0 bridgehead atoms. The first-order chi connectivity index (χ1) is 18.2. The van der Waals surface area contributed by atoms with E-state index in [2.05, 4.69) is 15.9 Å². The van der Waals surface area contributed by atoms with E-state index < -0.39 is 124 Å². The Morgan fingerprint density at radius 2 is 1.26 bits per heavy atom. The maximum absolute atomic E-state index is 11.9. The van der Waals surface area contributed by atoms with Crippen molar-refractivity contribution in [2.45, 2.75) is 98.4 Å². The van der Waals surface area contributed by atoms with Gasteiger partial charge in [0.15, 0.2) is 18.4 Å². The minimum absolute atomic E-state index is 0.0133. The van der Waals surface area contributed by atoms with E-state index in [4.69, 9.17) is 18.9 Å². The zero-order chi connectivity index (χ0) is 29.6. The summed E-state index contributed by atoms with van der Waals surface area (Å²) in [7, 11) is 0. The number of rotatable bonds is 14. The summed E-state index contributed by atoms with van der Waals surface area (Å²) in [5, 5.41) is 119. The van der Waals surface area contributed by atoms with Gasteiger partial charge in [0.25, 0.3) is 0 Å². The van der Waals surface area contributed by atoms with Crippen molar-refractivity contribution in [3.8, 4) is 0 Å². The van der Waals surface area contributed by atoms with Crippen molar-refractivity contribution in [3.63, 3.8) is 0 Å². The van der Waals surface area contributed by atoms with Crippen molar-refractivity contribution < 1.29 is 85.0 Å². The Balaban J connectivity index is 1.94. The predicted octanol–water partition coefficient (Wildman–Crippen LogP) is -7.21. The minimum Gasteiger partial charge on any atom is -0.394 e. The molecule has 0 aliphatic carbocycles.